The minimum atomic E-state index is -2.57. The molecule has 1 aromatic rings. The summed E-state index contributed by atoms with van der Waals surface area (Å²) >= 11 is 3.30. The van der Waals surface area contributed by atoms with Gasteiger partial charge in [0.05, 0.1) is 5.54 Å². The van der Waals surface area contributed by atoms with Crippen LogP contribution in [-0.2, 0) is 5.54 Å². The summed E-state index contributed by atoms with van der Waals surface area (Å²) in [6.45, 7) is 3.18. The Labute approximate surface area is 90.4 Å². The molecule has 14 heavy (non-hydrogen) atoms. The highest BCUT2D eigenvalue weighted by molar-refractivity contribution is 9.10. The molecule has 0 saturated carbocycles. The van der Waals surface area contributed by atoms with Crippen LogP contribution in [0.25, 0.3) is 0 Å². The zero-order valence-electron chi connectivity index (χ0n) is 8.02. The number of hydrogen-bond donors (Lipinski definition) is 1. The largest absolute Gasteiger partial charge is 0.317 e. The smallest absolute Gasteiger partial charge is 0.260 e. The van der Waals surface area contributed by atoms with Crippen LogP contribution in [0.4, 0.5) is 8.78 Å². The van der Waals surface area contributed by atoms with E-state index in [0.717, 1.165) is 10.0 Å². The molecule has 1 aromatic carbocycles. The number of hydrogen-bond acceptors (Lipinski definition) is 1. The van der Waals surface area contributed by atoms with Gasteiger partial charge in [0, 0.05) is 4.47 Å². The molecule has 0 heterocycles. The summed E-state index contributed by atoms with van der Waals surface area (Å²) in [5.74, 6) is 0. The van der Waals surface area contributed by atoms with E-state index >= 15 is 0 Å². The summed E-state index contributed by atoms with van der Waals surface area (Å²) < 4.78 is 26.1. The van der Waals surface area contributed by atoms with Gasteiger partial charge in [-0.05, 0) is 31.0 Å². The van der Waals surface area contributed by atoms with E-state index in [4.69, 9.17) is 5.73 Å². The van der Waals surface area contributed by atoms with Gasteiger partial charge in [0.2, 0.25) is 0 Å². The van der Waals surface area contributed by atoms with Crippen molar-refractivity contribution >= 4 is 15.9 Å². The maximum Gasteiger partial charge on any atom is 0.260 e. The maximum atomic E-state index is 12.6. The number of nitrogens with two attached hydrogens (primary N) is 1. The monoisotopic (exact) mass is 263 g/mol. The van der Waals surface area contributed by atoms with Crippen LogP contribution in [0.5, 0.6) is 0 Å². The highest BCUT2D eigenvalue weighted by atomic mass is 79.9. The van der Waals surface area contributed by atoms with Gasteiger partial charge in [-0.1, -0.05) is 28.1 Å². The Bertz CT molecular complexity index is 337. The van der Waals surface area contributed by atoms with Gasteiger partial charge in [-0.25, -0.2) is 8.78 Å². The van der Waals surface area contributed by atoms with Gasteiger partial charge in [0.25, 0.3) is 6.43 Å². The van der Waals surface area contributed by atoms with Crippen molar-refractivity contribution in [1.29, 1.82) is 0 Å². The first-order chi connectivity index (χ1) is 6.35. The molecule has 0 fully saturated rings. The van der Waals surface area contributed by atoms with E-state index < -0.39 is 12.0 Å². The van der Waals surface area contributed by atoms with Crippen LogP contribution in [0.15, 0.2) is 22.7 Å². The van der Waals surface area contributed by atoms with Crippen molar-refractivity contribution < 1.29 is 8.78 Å². The molecule has 1 rings (SSSR count). The molecular formula is C10H12BrF2N. The Balaban J connectivity index is 3.14. The van der Waals surface area contributed by atoms with Crippen LogP contribution < -0.4 is 5.73 Å². The minimum absolute atomic E-state index is 0.452. The fourth-order valence-corrected chi connectivity index (χ4v) is 1.35. The molecule has 0 aliphatic carbocycles. The first-order valence-electron chi connectivity index (χ1n) is 4.19. The molecule has 78 valence electrons. The first-order valence-corrected chi connectivity index (χ1v) is 4.98. The van der Waals surface area contributed by atoms with Crippen LogP contribution in [0, 0.1) is 6.92 Å². The average Bonchev–Trinajstić information content (AvgIpc) is 2.09. The van der Waals surface area contributed by atoms with Crippen LogP contribution in [-0.4, -0.2) is 6.43 Å². The summed E-state index contributed by atoms with van der Waals surface area (Å²) in [5, 5.41) is 0. The van der Waals surface area contributed by atoms with Gasteiger partial charge in [-0.3, -0.25) is 0 Å². The Hall–Kier alpha value is -0.480. The van der Waals surface area contributed by atoms with Crippen molar-refractivity contribution in [3.8, 4) is 0 Å². The van der Waals surface area contributed by atoms with E-state index in [-0.39, 0.29) is 0 Å². The molecule has 0 radical (unpaired) electrons. The number of alkyl halides is 2. The van der Waals surface area contributed by atoms with Gasteiger partial charge in [-0.15, -0.1) is 0 Å². The van der Waals surface area contributed by atoms with Gasteiger partial charge in [0.1, 0.15) is 0 Å². The predicted molar refractivity (Wildman–Crippen MR) is 56.4 cm³/mol. The molecule has 2 N–H and O–H groups in total. The van der Waals surface area contributed by atoms with Crippen LogP contribution >= 0.6 is 15.9 Å². The zero-order chi connectivity index (χ0) is 10.9. The quantitative estimate of drug-likeness (QED) is 0.872. The molecule has 1 atom stereocenters. The molecule has 0 spiro atoms. The van der Waals surface area contributed by atoms with Gasteiger partial charge < -0.3 is 5.73 Å². The Morgan fingerprint density at radius 1 is 1.43 bits per heavy atom. The normalized spacial score (nSPS) is 15.6. The Kier molecular flexibility index (Phi) is 3.27. The molecule has 1 nitrogen and oxygen atoms in total. The lowest BCUT2D eigenvalue weighted by Gasteiger charge is -2.24. The highest BCUT2D eigenvalue weighted by Crippen LogP contribution is 2.28. The van der Waals surface area contributed by atoms with Crippen LogP contribution in [0.1, 0.15) is 18.1 Å². The van der Waals surface area contributed by atoms with Crippen molar-refractivity contribution in [3.63, 3.8) is 0 Å². The summed E-state index contributed by atoms with van der Waals surface area (Å²) in [5.41, 5.74) is 5.31. The zero-order valence-corrected chi connectivity index (χ0v) is 9.61. The third-order valence-electron chi connectivity index (χ3n) is 2.23. The van der Waals surface area contributed by atoms with Crippen molar-refractivity contribution in [3.05, 3.63) is 33.8 Å². The van der Waals surface area contributed by atoms with Gasteiger partial charge in [0.15, 0.2) is 0 Å². The minimum Gasteiger partial charge on any atom is -0.317 e. The third-order valence-corrected chi connectivity index (χ3v) is 3.12. The summed E-state index contributed by atoms with van der Waals surface area (Å²) in [7, 11) is 0. The topological polar surface area (TPSA) is 26.0 Å². The number of rotatable bonds is 2. The SMILES string of the molecule is Cc1cc(C(C)(N)C(F)F)ccc1Br. The van der Waals surface area contributed by atoms with Gasteiger partial charge >= 0.3 is 0 Å². The Morgan fingerprint density at radius 3 is 2.43 bits per heavy atom. The molecule has 0 amide bonds. The van der Waals surface area contributed by atoms with E-state index in [1.54, 1.807) is 18.2 Å². The van der Waals surface area contributed by atoms with Crippen LogP contribution in [0.3, 0.4) is 0 Å². The molecule has 0 saturated heterocycles. The molecule has 1 unspecified atom stereocenters. The lowest BCUT2D eigenvalue weighted by molar-refractivity contribution is 0.0625. The number of aryl methyl sites for hydroxylation is 1. The van der Waals surface area contributed by atoms with E-state index in [0.29, 0.717) is 5.56 Å². The lowest BCUT2D eigenvalue weighted by Crippen LogP contribution is -2.40. The van der Waals surface area contributed by atoms with E-state index in [9.17, 15) is 8.78 Å². The second-order valence-electron chi connectivity index (χ2n) is 3.55. The van der Waals surface area contributed by atoms with Crippen molar-refractivity contribution in [2.24, 2.45) is 5.73 Å². The fraction of sp³-hybridized carbons (Fsp3) is 0.400. The second kappa shape index (κ2) is 3.95. The van der Waals surface area contributed by atoms with Gasteiger partial charge in [-0.2, -0.15) is 0 Å². The summed E-state index contributed by atoms with van der Waals surface area (Å²) in [6, 6.07) is 5.03. The standard InChI is InChI=1S/C10H12BrF2N/c1-6-5-7(3-4-8(6)11)10(2,14)9(12)13/h3-5,9H,14H2,1-2H3. The van der Waals surface area contributed by atoms with E-state index in [2.05, 4.69) is 15.9 Å². The average molecular weight is 264 g/mol. The molecule has 0 aromatic heterocycles. The third kappa shape index (κ3) is 2.12. The highest BCUT2D eigenvalue weighted by Gasteiger charge is 2.32. The maximum absolute atomic E-state index is 12.6. The summed E-state index contributed by atoms with van der Waals surface area (Å²) in [4.78, 5) is 0. The molecule has 4 heteroatoms. The lowest BCUT2D eigenvalue weighted by atomic mass is 9.92. The first kappa shape index (κ1) is 11.6. The molecule has 0 aliphatic heterocycles. The number of halogens is 3. The van der Waals surface area contributed by atoms with E-state index in [1.807, 2.05) is 6.92 Å². The van der Waals surface area contributed by atoms with Crippen molar-refractivity contribution in [1.82, 2.24) is 0 Å². The summed E-state index contributed by atoms with van der Waals surface area (Å²) in [6.07, 6.45) is -2.57. The fourth-order valence-electron chi connectivity index (χ4n) is 1.11. The number of benzene rings is 1. The predicted octanol–water partition coefficient (Wildman–Crippen LogP) is 3.20. The van der Waals surface area contributed by atoms with E-state index in [1.165, 1.54) is 6.92 Å². The Morgan fingerprint density at radius 2 is 2.00 bits per heavy atom. The van der Waals surface area contributed by atoms with Crippen molar-refractivity contribution in [2.45, 2.75) is 25.8 Å². The van der Waals surface area contributed by atoms with Crippen molar-refractivity contribution in [2.75, 3.05) is 0 Å². The second-order valence-corrected chi connectivity index (χ2v) is 4.40. The molecular weight excluding hydrogens is 252 g/mol. The van der Waals surface area contributed by atoms with Crippen LogP contribution in [0.2, 0.25) is 0 Å². The molecule has 0 aliphatic rings. The molecule has 0 bridgehead atoms.